The predicted octanol–water partition coefficient (Wildman–Crippen LogP) is 3.73. The molecule has 2 aromatic rings. The van der Waals surface area contributed by atoms with E-state index >= 15 is 0 Å². The summed E-state index contributed by atoms with van der Waals surface area (Å²) in [5.74, 6) is 0.987. The molecule has 0 aliphatic rings. The summed E-state index contributed by atoms with van der Waals surface area (Å²) >= 11 is 5.22. The van der Waals surface area contributed by atoms with Crippen molar-refractivity contribution in [2.45, 2.75) is 19.1 Å². The minimum Gasteiger partial charge on any atom is -0.365 e. The Bertz CT molecular complexity index is 490. The maximum absolute atomic E-state index is 4.67. The van der Waals surface area contributed by atoms with Crippen LogP contribution in [0, 0.1) is 0 Å². The number of anilines is 1. The fourth-order valence-electron chi connectivity index (χ4n) is 1.52. The lowest BCUT2D eigenvalue weighted by Crippen LogP contribution is -1.87. The van der Waals surface area contributed by atoms with Gasteiger partial charge < -0.3 is 5.32 Å². The largest absolute Gasteiger partial charge is 0.365 e. The van der Waals surface area contributed by atoms with Crippen molar-refractivity contribution in [1.82, 2.24) is 9.97 Å². The zero-order chi connectivity index (χ0) is 12.3. The molecule has 6 heteroatoms. The molecule has 3 nitrogen and oxygen atoms in total. The Labute approximate surface area is 114 Å². The van der Waals surface area contributed by atoms with Gasteiger partial charge in [0.15, 0.2) is 5.13 Å². The van der Waals surface area contributed by atoms with E-state index in [0.717, 1.165) is 23.0 Å². The van der Waals surface area contributed by atoms with Crippen LogP contribution in [0.4, 0.5) is 5.13 Å². The third-order valence-electron chi connectivity index (χ3n) is 2.30. The van der Waals surface area contributed by atoms with Crippen LogP contribution in [0.3, 0.4) is 0 Å². The van der Waals surface area contributed by atoms with Crippen molar-refractivity contribution in [3.8, 4) is 10.6 Å². The second-order valence-electron chi connectivity index (χ2n) is 3.46. The zero-order valence-corrected chi connectivity index (χ0v) is 12.6. The summed E-state index contributed by atoms with van der Waals surface area (Å²) in [5.41, 5.74) is 2.23. The molecule has 92 valence electrons. The molecule has 17 heavy (non-hydrogen) atoms. The normalized spacial score (nSPS) is 10.8. The van der Waals surface area contributed by atoms with Crippen LogP contribution < -0.4 is 5.32 Å². The Hall–Kier alpha value is -0.590. The lowest BCUT2D eigenvalue weighted by Gasteiger charge is -1.94. The number of aryl methyl sites for hydroxylation is 1. The van der Waals surface area contributed by atoms with E-state index in [9.17, 15) is 0 Å². The average molecular weight is 285 g/mol. The summed E-state index contributed by atoms with van der Waals surface area (Å²) in [7, 11) is 1.90. The number of nitrogens with one attached hydrogen (secondary N) is 1. The summed E-state index contributed by atoms with van der Waals surface area (Å²) in [6, 6.07) is 0. The van der Waals surface area contributed by atoms with Crippen molar-refractivity contribution in [2.24, 2.45) is 0 Å². The van der Waals surface area contributed by atoms with Crippen molar-refractivity contribution in [3.63, 3.8) is 0 Å². The van der Waals surface area contributed by atoms with Crippen LogP contribution in [0.15, 0.2) is 5.38 Å². The van der Waals surface area contributed by atoms with E-state index in [0.29, 0.717) is 0 Å². The summed E-state index contributed by atoms with van der Waals surface area (Å²) < 4.78 is 0. The molecule has 2 rings (SSSR count). The van der Waals surface area contributed by atoms with Gasteiger partial charge in [-0.2, -0.15) is 11.8 Å². The molecular formula is C11H15N3S3. The number of nitrogens with zero attached hydrogens (tertiary/aromatic N) is 2. The fraction of sp³-hybridized carbons (Fsp3) is 0.455. The van der Waals surface area contributed by atoms with Gasteiger partial charge in [0.2, 0.25) is 0 Å². The highest BCUT2D eigenvalue weighted by molar-refractivity contribution is 7.97. The molecule has 0 atom stereocenters. The summed E-state index contributed by atoms with van der Waals surface area (Å²) in [6.07, 6.45) is 3.07. The van der Waals surface area contributed by atoms with Crippen LogP contribution in [0.25, 0.3) is 10.6 Å². The highest BCUT2D eigenvalue weighted by atomic mass is 32.2. The maximum atomic E-state index is 4.67. The quantitative estimate of drug-likeness (QED) is 0.908. The van der Waals surface area contributed by atoms with Gasteiger partial charge in [0, 0.05) is 18.2 Å². The number of rotatable bonds is 5. The maximum Gasteiger partial charge on any atom is 0.182 e. The number of hydrogen-bond acceptors (Lipinski definition) is 6. The van der Waals surface area contributed by atoms with Gasteiger partial charge in [0.05, 0.1) is 16.3 Å². The van der Waals surface area contributed by atoms with Gasteiger partial charge in [0.25, 0.3) is 0 Å². The molecule has 0 amide bonds. The highest BCUT2D eigenvalue weighted by Crippen LogP contribution is 2.33. The van der Waals surface area contributed by atoms with E-state index < -0.39 is 0 Å². The Balaban J connectivity index is 2.35. The SMILES string of the molecule is CCc1nc(CSC)sc1-c1csc(NC)n1. The molecule has 0 bridgehead atoms. The summed E-state index contributed by atoms with van der Waals surface area (Å²) in [4.78, 5) is 10.5. The highest BCUT2D eigenvalue weighted by Gasteiger charge is 2.14. The van der Waals surface area contributed by atoms with Crippen LogP contribution in [-0.2, 0) is 12.2 Å². The molecule has 0 radical (unpaired) electrons. The Morgan fingerprint density at radius 3 is 2.82 bits per heavy atom. The molecule has 2 heterocycles. The van der Waals surface area contributed by atoms with Crippen LogP contribution >= 0.6 is 34.4 Å². The molecule has 0 saturated heterocycles. The molecular weight excluding hydrogens is 270 g/mol. The van der Waals surface area contributed by atoms with Crippen LogP contribution in [0.5, 0.6) is 0 Å². The molecule has 0 fully saturated rings. The first-order chi connectivity index (χ1) is 8.28. The third kappa shape index (κ3) is 2.81. The van der Waals surface area contributed by atoms with E-state index in [1.54, 1.807) is 22.7 Å². The Morgan fingerprint density at radius 2 is 2.24 bits per heavy atom. The van der Waals surface area contributed by atoms with E-state index in [2.05, 4.69) is 33.8 Å². The van der Waals surface area contributed by atoms with E-state index in [4.69, 9.17) is 0 Å². The monoisotopic (exact) mass is 285 g/mol. The van der Waals surface area contributed by atoms with E-state index in [-0.39, 0.29) is 0 Å². The standard InChI is InChI=1S/C11H15N3S3/c1-4-7-10(17-9(13-7)6-15-3)8-5-16-11(12-2)14-8/h5H,4,6H2,1-3H3,(H,12,14). The van der Waals surface area contributed by atoms with Crippen LogP contribution in [-0.4, -0.2) is 23.3 Å². The predicted molar refractivity (Wildman–Crippen MR) is 79.4 cm³/mol. The van der Waals surface area contributed by atoms with Gasteiger partial charge in [-0.1, -0.05) is 6.92 Å². The van der Waals surface area contributed by atoms with Crippen molar-refractivity contribution >= 4 is 39.6 Å². The summed E-state index contributed by atoms with van der Waals surface area (Å²) in [6.45, 7) is 2.15. The van der Waals surface area contributed by atoms with Gasteiger partial charge >= 0.3 is 0 Å². The minimum atomic E-state index is 0.960. The van der Waals surface area contributed by atoms with Gasteiger partial charge in [-0.3, -0.25) is 0 Å². The van der Waals surface area contributed by atoms with Gasteiger partial charge in [-0.15, -0.1) is 22.7 Å². The fourth-order valence-corrected chi connectivity index (χ4v) is 4.07. The first kappa shape index (κ1) is 12.9. The molecule has 0 spiro atoms. The second-order valence-corrected chi connectivity index (χ2v) is 6.27. The molecule has 0 aliphatic heterocycles. The smallest absolute Gasteiger partial charge is 0.182 e. The molecule has 2 aromatic heterocycles. The van der Waals surface area contributed by atoms with Crippen LogP contribution in [0.2, 0.25) is 0 Å². The molecule has 0 unspecified atom stereocenters. The van der Waals surface area contributed by atoms with Gasteiger partial charge in [-0.05, 0) is 12.7 Å². The van der Waals surface area contributed by atoms with Crippen LogP contribution in [0.1, 0.15) is 17.6 Å². The lowest BCUT2D eigenvalue weighted by molar-refractivity contribution is 1.04. The van der Waals surface area contributed by atoms with Crippen molar-refractivity contribution in [3.05, 3.63) is 16.1 Å². The lowest BCUT2D eigenvalue weighted by atomic mass is 10.2. The summed E-state index contributed by atoms with van der Waals surface area (Å²) in [5, 5.41) is 7.33. The average Bonchev–Trinajstić information content (AvgIpc) is 2.94. The Morgan fingerprint density at radius 1 is 1.41 bits per heavy atom. The van der Waals surface area contributed by atoms with Crippen molar-refractivity contribution in [2.75, 3.05) is 18.6 Å². The first-order valence-electron chi connectivity index (χ1n) is 5.39. The first-order valence-corrected chi connectivity index (χ1v) is 8.48. The second kappa shape index (κ2) is 5.84. The molecule has 0 aliphatic carbocycles. The Kier molecular flexibility index (Phi) is 4.42. The van der Waals surface area contributed by atoms with E-state index in [1.807, 2.05) is 18.8 Å². The number of hydrogen-bond donors (Lipinski definition) is 1. The molecule has 0 saturated carbocycles. The van der Waals surface area contributed by atoms with Crippen molar-refractivity contribution in [1.29, 1.82) is 0 Å². The molecule has 0 aromatic carbocycles. The van der Waals surface area contributed by atoms with Gasteiger partial charge in [-0.25, -0.2) is 9.97 Å². The topological polar surface area (TPSA) is 37.8 Å². The number of aromatic nitrogens is 2. The van der Waals surface area contributed by atoms with Gasteiger partial charge in [0.1, 0.15) is 5.01 Å². The third-order valence-corrected chi connectivity index (χ3v) is 5.02. The number of thioether (sulfide) groups is 1. The number of thiazole rings is 2. The zero-order valence-electron chi connectivity index (χ0n) is 10.1. The molecule has 1 N–H and O–H groups in total. The van der Waals surface area contributed by atoms with Crippen molar-refractivity contribution < 1.29 is 0 Å². The minimum absolute atomic E-state index is 0.960. The van der Waals surface area contributed by atoms with E-state index in [1.165, 1.54) is 15.6 Å².